The van der Waals surface area contributed by atoms with Crippen molar-refractivity contribution in [2.24, 2.45) is 22.7 Å². The fourth-order valence-electron chi connectivity index (χ4n) is 3.99. The Morgan fingerprint density at radius 3 is 2.32 bits per heavy atom. The molecule has 0 spiro atoms. The van der Waals surface area contributed by atoms with Crippen molar-refractivity contribution in [1.29, 1.82) is 0 Å². The molecule has 0 saturated heterocycles. The summed E-state index contributed by atoms with van der Waals surface area (Å²) in [6.45, 7) is 11.8. The zero-order valence-corrected chi connectivity index (χ0v) is 24.2. The number of methoxy groups -OCH3 is 2. The Hall–Kier alpha value is -2.78. The van der Waals surface area contributed by atoms with Crippen LogP contribution in [-0.4, -0.2) is 63.5 Å². The van der Waals surface area contributed by atoms with Gasteiger partial charge in [0.15, 0.2) is 5.78 Å². The van der Waals surface area contributed by atoms with E-state index < -0.39 is 46.8 Å². The average Bonchev–Trinajstić information content (AvgIpc) is 2.81. The number of carbonyl (C=O) groups is 4. The molecule has 0 N–H and O–H groups in total. The van der Waals surface area contributed by atoms with E-state index in [1.165, 1.54) is 21.1 Å². The summed E-state index contributed by atoms with van der Waals surface area (Å²) >= 11 is 0. The van der Waals surface area contributed by atoms with Gasteiger partial charge in [-0.25, -0.2) is 0 Å². The van der Waals surface area contributed by atoms with Crippen LogP contribution >= 0.6 is 0 Å². The summed E-state index contributed by atoms with van der Waals surface area (Å²) in [6.07, 6.45) is 7.71. The SMILES string of the molecule is COCO[C@@H]1/C=C/C=C/C(C)(C)C(=O)C(C(=O)OC)C/C(C)=C/[C@@H](OC(C)=O)C[C@@H]1COC(=O)C(C)(C)C. The van der Waals surface area contributed by atoms with Gasteiger partial charge in [0.1, 0.15) is 18.8 Å². The number of ketones is 1. The van der Waals surface area contributed by atoms with Gasteiger partial charge >= 0.3 is 17.9 Å². The Morgan fingerprint density at radius 1 is 1.11 bits per heavy atom. The van der Waals surface area contributed by atoms with Gasteiger partial charge in [0, 0.05) is 25.4 Å². The molecule has 0 aromatic heterocycles. The van der Waals surface area contributed by atoms with Gasteiger partial charge in [-0.15, -0.1) is 0 Å². The third-order valence-corrected chi connectivity index (χ3v) is 6.09. The second-order valence-corrected chi connectivity index (χ2v) is 11.2. The van der Waals surface area contributed by atoms with Crippen LogP contribution in [-0.2, 0) is 42.9 Å². The van der Waals surface area contributed by atoms with Gasteiger partial charge in [-0.1, -0.05) is 29.9 Å². The van der Waals surface area contributed by atoms with Crippen molar-refractivity contribution < 1.29 is 42.9 Å². The zero-order valence-electron chi connectivity index (χ0n) is 24.2. The summed E-state index contributed by atoms with van der Waals surface area (Å²) in [7, 11) is 2.75. The molecular formula is C29H44O9. The summed E-state index contributed by atoms with van der Waals surface area (Å²) in [5, 5.41) is 0. The van der Waals surface area contributed by atoms with E-state index in [2.05, 4.69) is 0 Å². The fraction of sp³-hybridized carbons (Fsp3) is 0.655. The van der Waals surface area contributed by atoms with E-state index in [4.69, 9.17) is 23.7 Å². The smallest absolute Gasteiger partial charge is 0.316 e. The Bertz CT molecular complexity index is 921. The minimum Gasteiger partial charge on any atom is -0.468 e. The van der Waals surface area contributed by atoms with Crippen LogP contribution in [0.3, 0.4) is 0 Å². The Kier molecular flexibility index (Phi) is 13.1. The molecule has 1 aliphatic rings. The highest BCUT2D eigenvalue weighted by Crippen LogP contribution is 2.30. The van der Waals surface area contributed by atoms with Gasteiger partial charge in [-0.05, 0) is 60.5 Å². The molecule has 1 aliphatic carbocycles. The highest BCUT2D eigenvalue weighted by atomic mass is 16.7. The van der Waals surface area contributed by atoms with Crippen molar-refractivity contribution in [1.82, 2.24) is 0 Å². The summed E-state index contributed by atoms with van der Waals surface area (Å²) in [6, 6.07) is 0. The molecule has 9 nitrogen and oxygen atoms in total. The first-order valence-electron chi connectivity index (χ1n) is 12.7. The summed E-state index contributed by atoms with van der Waals surface area (Å²) in [5.74, 6) is -3.23. The molecule has 0 aromatic rings. The van der Waals surface area contributed by atoms with Crippen LogP contribution in [0.15, 0.2) is 36.0 Å². The maximum Gasteiger partial charge on any atom is 0.316 e. The summed E-state index contributed by atoms with van der Waals surface area (Å²) < 4.78 is 27.2. The number of hydrogen-bond donors (Lipinski definition) is 0. The number of allylic oxidation sites excluding steroid dienone is 4. The molecule has 1 unspecified atom stereocenters. The van der Waals surface area contributed by atoms with Gasteiger partial charge < -0.3 is 23.7 Å². The topological polar surface area (TPSA) is 114 Å². The molecule has 0 heterocycles. The summed E-state index contributed by atoms with van der Waals surface area (Å²) in [4.78, 5) is 50.4. The van der Waals surface area contributed by atoms with E-state index in [-0.39, 0.29) is 38.0 Å². The van der Waals surface area contributed by atoms with Crippen molar-refractivity contribution >= 4 is 23.7 Å². The van der Waals surface area contributed by atoms with Crippen LogP contribution in [0.2, 0.25) is 0 Å². The molecular weight excluding hydrogens is 492 g/mol. The van der Waals surface area contributed by atoms with E-state index in [1.54, 1.807) is 71.9 Å². The van der Waals surface area contributed by atoms with Crippen molar-refractivity contribution in [2.75, 3.05) is 27.6 Å². The van der Waals surface area contributed by atoms with Gasteiger partial charge in [0.25, 0.3) is 0 Å². The number of carbonyl (C=O) groups excluding carboxylic acids is 4. The lowest BCUT2D eigenvalue weighted by Crippen LogP contribution is -2.36. The predicted molar refractivity (Wildman–Crippen MR) is 142 cm³/mol. The highest BCUT2D eigenvalue weighted by molar-refractivity contribution is 6.02. The molecule has 4 atom stereocenters. The van der Waals surface area contributed by atoms with Gasteiger partial charge in [0.05, 0.1) is 25.2 Å². The molecule has 0 fully saturated rings. The number of esters is 3. The largest absolute Gasteiger partial charge is 0.468 e. The molecule has 0 radical (unpaired) electrons. The van der Waals surface area contributed by atoms with Gasteiger partial charge in [-0.2, -0.15) is 0 Å². The van der Waals surface area contributed by atoms with Crippen molar-refractivity contribution in [2.45, 2.75) is 73.5 Å². The van der Waals surface area contributed by atoms with Gasteiger partial charge in [0.2, 0.25) is 0 Å². The van der Waals surface area contributed by atoms with Crippen molar-refractivity contribution in [3.63, 3.8) is 0 Å². The van der Waals surface area contributed by atoms with E-state index in [0.717, 1.165) is 0 Å². The first kappa shape index (κ1) is 33.2. The monoisotopic (exact) mass is 536 g/mol. The Morgan fingerprint density at radius 2 is 1.76 bits per heavy atom. The molecule has 214 valence electrons. The maximum absolute atomic E-state index is 13.4. The lowest BCUT2D eigenvalue weighted by molar-refractivity contribution is -0.159. The molecule has 9 heteroatoms. The lowest BCUT2D eigenvalue weighted by atomic mass is 9.78. The first-order chi connectivity index (χ1) is 17.6. The molecule has 0 amide bonds. The van der Waals surface area contributed by atoms with Crippen LogP contribution < -0.4 is 0 Å². The molecule has 0 aliphatic heterocycles. The second-order valence-electron chi connectivity index (χ2n) is 11.2. The fourth-order valence-corrected chi connectivity index (χ4v) is 3.99. The Labute approximate surface area is 226 Å². The van der Waals surface area contributed by atoms with E-state index in [9.17, 15) is 19.2 Å². The number of Topliss-reactive ketones (excluding diaryl/α,β-unsaturated/α-hetero) is 1. The average molecular weight is 537 g/mol. The third-order valence-electron chi connectivity index (χ3n) is 6.09. The Balaban J connectivity index is 3.59. The molecule has 0 aromatic carbocycles. The minimum atomic E-state index is -1.03. The lowest BCUT2D eigenvalue weighted by Gasteiger charge is -2.29. The molecule has 38 heavy (non-hydrogen) atoms. The molecule has 0 bridgehead atoms. The number of ether oxygens (including phenoxy) is 5. The summed E-state index contributed by atoms with van der Waals surface area (Å²) in [5.41, 5.74) is -0.990. The zero-order chi connectivity index (χ0) is 29.1. The second kappa shape index (κ2) is 15.0. The number of rotatable bonds is 7. The standard InChI is InChI=1S/C29H44O9/c1-19-14-22(38-20(2)30)16-21(17-36-27(33)28(3,4)5)24(37-18-34-8)12-10-11-13-29(6,7)25(31)23(15-19)26(32)35-9/h10-14,21-24H,15-18H2,1-9H3/b12-10+,13-11+,19-14+/t21-,22-,23?,24-/m1/s1. The number of hydrogen-bond acceptors (Lipinski definition) is 9. The first-order valence-corrected chi connectivity index (χ1v) is 12.7. The quantitative estimate of drug-likeness (QED) is 0.154. The van der Waals surface area contributed by atoms with Crippen LogP contribution in [0.1, 0.15) is 61.3 Å². The van der Waals surface area contributed by atoms with Gasteiger partial charge in [-0.3, -0.25) is 19.2 Å². The van der Waals surface area contributed by atoms with E-state index in [1.807, 2.05) is 0 Å². The van der Waals surface area contributed by atoms with Crippen LogP contribution in [0, 0.1) is 22.7 Å². The van der Waals surface area contributed by atoms with Crippen LogP contribution in [0.4, 0.5) is 0 Å². The third kappa shape index (κ3) is 10.9. The molecule has 0 saturated carbocycles. The highest BCUT2D eigenvalue weighted by Gasteiger charge is 2.37. The normalized spacial score (nSPS) is 27.7. The molecule has 1 rings (SSSR count). The van der Waals surface area contributed by atoms with Crippen LogP contribution in [0.5, 0.6) is 0 Å². The minimum absolute atomic E-state index is 0.0119. The van der Waals surface area contributed by atoms with Crippen molar-refractivity contribution in [3.05, 3.63) is 36.0 Å². The van der Waals surface area contributed by atoms with Crippen LogP contribution in [0.25, 0.3) is 0 Å². The predicted octanol–water partition coefficient (Wildman–Crippen LogP) is 4.35. The van der Waals surface area contributed by atoms with E-state index >= 15 is 0 Å². The maximum atomic E-state index is 13.4. The van der Waals surface area contributed by atoms with E-state index in [0.29, 0.717) is 5.57 Å². The van der Waals surface area contributed by atoms with Crippen molar-refractivity contribution in [3.8, 4) is 0 Å².